The number of ether oxygens (including phenoxy) is 2. The topological polar surface area (TPSA) is 76.0 Å². The van der Waals surface area contributed by atoms with E-state index in [1.54, 1.807) is 0 Å². The minimum Gasteiger partial charge on any atom is -0.458 e. The standard InChI is InChI=1S/C24H39ClO5/c1-24(2,3)30-23(28)16-29-14-8-7-11-18-19(22(27)15-20(18)25)12-13-21(26)17-9-5-4-6-10-17/h7-8,12-13,17-22,26-27H,4-6,9-11,14-16H2,1-3H3/b8-7-,13-12+/t18-,19-,20-,21-,22-/m1/s1. The van der Waals surface area contributed by atoms with Crippen LogP contribution in [-0.2, 0) is 14.3 Å². The lowest BCUT2D eigenvalue weighted by Crippen LogP contribution is -2.26. The first kappa shape index (κ1) is 25.4. The number of allylic oxidation sites excluding steroid dienone is 1. The molecule has 2 fully saturated rings. The molecule has 5 nitrogen and oxygen atoms in total. The van der Waals surface area contributed by atoms with Crippen LogP contribution in [-0.4, -0.2) is 52.6 Å². The van der Waals surface area contributed by atoms with Gasteiger partial charge in [0, 0.05) is 11.3 Å². The van der Waals surface area contributed by atoms with Gasteiger partial charge in [-0.25, -0.2) is 4.79 Å². The zero-order chi connectivity index (χ0) is 22.1. The Balaban J connectivity index is 1.77. The number of hydrogen-bond donors (Lipinski definition) is 2. The molecule has 0 aromatic heterocycles. The van der Waals surface area contributed by atoms with E-state index in [0.717, 1.165) is 19.3 Å². The minimum absolute atomic E-state index is 0.0573. The Morgan fingerprint density at radius 3 is 2.57 bits per heavy atom. The van der Waals surface area contributed by atoms with Crippen molar-refractivity contribution in [2.24, 2.45) is 17.8 Å². The van der Waals surface area contributed by atoms with E-state index < -0.39 is 17.8 Å². The van der Waals surface area contributed by atoms with E-state index in [2.05, 4.69) is 0 Å². The first-order chi connectivity index (χ1) is 14.2. The van der Waals surface area contributed by atoms with Gasteiger partial charge in [0.1, 0.15) is 12.2 Å². The highest BCUT2D eigenvalue weighted by Crippen LogP contribution is 2.39. The van der Waals surface area contributed by atoms with Gasteiger partial charge in [-0.2, -0.15) is 0 Å². The SMILES string of the molecule is CC(C)(C)OC(=O)COC/C=C\C[C@@H]1[C@@H](/C=C/[C@@H](O)C2CCCCC2)[C@H](O)C[C@H]1Cl. The Kier molecular flexibility index (Phi) is 10.3. The zero-order valence-electron chi connectivity index (χ0n) is 18.6. The number of aliphatic hydroxyl groups excluding tert-OH is 2. The molecular formula is C24H39ClO5. The number of carbonyl (C=O) groups is 1. The van der Waals surface area contributed by atoms with Gasteiger partial charge in [0.2, 0.25) is 0 Å². The Labute approximate surface area is 186 Å². The molecule has 0 heterocycles. The van der Waals surface area contributed by atoms with Crippen LogP contribution in [0.25, 0.3) is 0 Å². The normalized spacial score (nSPS) is 29.7. The maximum Gasteiger partial charge on any atom is 0.332 e. The van der Waals surface area contributed by atoms with E-state index in [0.29, 0.717) is 18.9 Å². The molecule has 0 unspecified atom stereocenters. The van der Waals surface area contributed by atoms with Crippen LogP contribution >= 0.6 is 11.6 Å². The summed E-state index contributed by atoms with van der Waals surface area (Å²) in [7, 11) is 0. The Hall–Kier alpha value is -0.880. The number of rotatable bonds is 9. The molecule has 0 bridgehead atoms. The lowest BCUT2D eigenvalue weighted by molar-refractivity contribution is -0.159. The van der Waals surface area contributed by atoms with Crippen molar-refractivity contribution in [2.75, 3.05) is 13.2 Å². The Bertz CT molecular complexity index is 577. The Morgan fingerprint density at radius 2 is 1.90 bits per heavy atom. The van der Waals surface area contributed by atoms with Crippen LogP contribution in [0.4, 0.5) is 0 Å². The molecule has 0 saturated heterocycles. The third-order valence-electron chi connectivity index (χ3n) is 5.96. The van der Waals surface area contributed by atoms with Crippen molar-refractivity contribution in [3.63, 3.8) is 0 Å². The van der Waals surface area contributed by atoms with Gasteiger partial charge in [-0.1, -0.05) is 43.6 Å². The molecule has 0 radical (unpaired) electrons. The number of halogens is 1. The van der Waals surface area contributed by atoms with E-state index in [1.807, 2.05) is 45.1 Å². The molecule has 2 rings (SSSR count). The van der Waals surface area contributed by atoms with Crippen molar-refractivity contribution in [3.8, 4) is 0 Å². The van der Waals surface area contributed by atoms with E-state index in [9.17, 15) is 15.0 Å². The van der Waals surface area contributed by atoms with Gasteiger partial charge in [-0.3, -0.25) is 0 Å². The summed E-state index contributed by atoms with van der Waals surface area (Å²) in [6.45, 7) is 5.71. The fraction of sp³-hybridized carbons (Fsp3) is 0.792. The van der Waals surface area contributed by atoms with Gasteiger partial charge in [0.05, 0.1) is 18.8 Å². The average Bonchev–Trinajstić information content (AvgIpc) is 2.94. The smallest absolute Gasteiger partial charge is 0.332 e. The molecule has 0 spiro atoms. The second-order valence-electron chi connectivity index (χ2n) is 9.64. The van der Waals surface area contributed by atoms with Crippen LogP contribution in [0.5, 0.6) is 0 Å². The van der Waals surface area contributed by atoms with Crippen LogP contribution in [0.2, 0.25) is 0 Å². The van der Waals surface area contributed by atoms with Crippen LogP contribution in [0, 0.1) is 17.8 Å². The number of esters is 1. The summed E-state index contributed by atoms with van der Waals surface area (Å²) >= 11 is 6.49. The van der Waals surface area contributed by atoms with Crippen molar-refractivity contribution in [1.82, 2.24) is 0 Å². The van der Waals surface area contributed by atoms with E-state index >= 15 is 0 Å². The zero-order valence-corrected chi connectivity index (χ0v) is 19.4. The van der Waals surface area contributed by atoms with Crippen molar-refractivity contribution in [2.45, 2.75) is 88.9 Å². The molecule has 2 aliphatic rings. The summed E-state index contributed by atoms with van der Waals surface area (Å²) in [6, 6.07) is 0. The van der Waals surface area contributed by atoms with Gasteiger partial charge in [-0.15, -0.1) is 11.6 Å². The second-order valence-corrected chi connectivity index (χ2v) is 10.2. The van der Waals surface area contributed by atoms with Crippen LogP contribution < -0.4 is 0 Å². The van der Waals surface area contributed by atoms with E-state index in [1.165, 1.54) is 19.3 Å². The van der Waals surface area contributed by atoms with Crippen molar-refractivity contribution in [1.29, 1.82) is 0 Å². The number of alkyl halides is 1. The third kappa shape index (κ3) is 8.70. The van der Waals surface area contributed by atoms with Gasteiger partial charge in [0.15, 0.2) is 0 Å². The van der Waals surface area contributed by atoms with Crippen LogP contribution in [0.15, 0.2) is 24.3 Å². The number of hydrogen-bond acceptors (Lipinski definition) is 5. The fourth-order valence-corrected chi connectivity index (χ4v) is 4.90. The third-order valence-corrected chi connectivity index (χ3v) is 6.46. The Morgan fingerprint density at radius 1 is 1.20 bits per heavy atom. The van der Waals surface area contributed by atoms with Crippen molar-refractivity contribution >= 4 is 17.6 Å². The molecule has 2 saturated carbocycles. The highest BCUT2D eigenvalue weighted by atomic mass is 35.5. The molecular weight excluding hydrogens is 404 g/mol. The first-order valence-corrected chi connectivity index (χ1v) is 11.7. The molecule has 172 valence electrons. The second kappa shape index (κ2) is 12.2. The lowest BCUT2D eigenvalue weighted by Gasteiger charge is -2.25. The summed E-state index contributed by atoms with van der Waals surface area (Å²) in [5.41, 5.74) is -0.512. The minimum atomic E-state index is -0.512. The molecule has 2 aliphatic carbocycles. The van der Waals surface area contributed by atoms with Crippen LogP contribution in [0.1, 0.15) is 65.7 Å². The first-order valence-electron chi connectivity index (χ1n) is 11.3. The van der Waals surface area contributed by atoms with Gasteiger partial charge < -0.3 is 19.7 Å². The largest absolute Gasteiger partial charge is 0.458 e. The maximum atomic E-state index is 11.6. The molecule has 0 aromatic carbocycles. The maximum absolute atomic E-state index is 11.6. The van der Waals surface area contributed by atoms with Gasteiger partial charge >= 0.3 is 5.97 Å². The van der Waals surface area contributed by atoms with Crippen molar-refractivity contribution in [3.05, 3.63) is 24.3 Å². The lowest BCUT2D eigenvalue weighted by atomic mass is 9.84. The van der Waals surface area contributed by atoms with Gasteiger partial charge in [-0.05, 0) is 58.3 Å². The predicted molar refractivity (Wildman–Crippen MR) is 119 cm³/mol. The highest BCUT2D eigenvalue weighted by Gasteiger charge is 2.39. The van der Waals surface area contributed by atoms with E-state index in [4.69, 9.17) is 21.1 Å². The quantitative estimate of drug-likeness (QED) is 0.239. The number of aliphatic hydroxyl groups is 2. The fourth-order valence-electron chi connectivity index (χ4n) is 4.44. The summed E-state index contributed by atoms with van der Waals surface area (Å²) in [5.74, 6) is 0.00910. The number of carbonyl (C=O) groups excluding carboxylic acids is 1. The van der Waals surface area contributed by atoms with Crippen LogP contribution in [0.3, 0.4) is 0 Å². The van der Waals surface area contributed by atoms with Crippen molar-refractivity contribution < 1.29 is 24.5 Å². The summed E-state index contributed by atoms with van der Waals surface area (Å²) in [5, 5.41) is 20.8. The molecule has 0 aromatic rings. The summed E-state index contributed by atoms with van der Waals surface area (Å²) in [4.78, 5) is 11.6. The molecule has 0 amide bonds. The van der Waals surface area contributed by atoms with Gasteiger partial charge in [0.25, 0.3) is 0 Å². The summed E-state index contributed by atoms with van der Waals surface area (Å²) in [6.07, 6.45) is 13.9. The monoisotopic (exact) mass is 442 g/mol. The summed E-state index contributed by atoms with van der Waals surface area (Å²) < 4.78 is 10.5. The predicted octanol–water partition coefficient (Wildman–Crippen LogP) is 4.39. The highest BCUT2D eigenvalue weighted by molar-refractivity contribution is 6.21. The average molecular weight is 443 g/mol. The molecule has 6 heteroatoms. The molecule has 0 aliphatic heterocycles. The molecule has 30 heavy (non-hydrogen) atoms. The molecule has 5 atom stereocenters. The molecule has 2 N–H and O–H groups in total. The van der Waals surface area contributed by atoms with E-state index in [-0.39, 0.29) is 29.8 Å².